The summed E-state index contributed by atoms with van der Waals surface area (Å²) in [5.74, 6) is -0.0912. The maximum Gasteiger partial charge on any atom is 0.346 e. The Morgan fingerprint density at radius 3 is 3.06 bits per heavy atom. The molecule has 7 nitrogen and oxygen atoms in total. The number of rotatable bonds is 3. The summed E-state index contributed by atoms with van der Waals surface area (Å²) in [4.78, 5) is 22.8. The molecule has 1 aromatic rings. The van der Waals surface area contributed by atoms with E-state index < -0.39 is 5.91 Å². The van der Waals surface area contributed by atoms with Gasteiger partial charge in [0.25, 0.3) is 0 Å². The molecule has 0 saturated heterocycles. The van der Waals surface area contributed by atoms with Crippen LogP contribution in [0, 0.1) is 5.92 Å². The van der Waals surface area contributed by atoms with Gasteiger partial charge in [-0.2, -0.15) is 5.10 Å². The molecule has 0 radical (unpaired) electrons. The van der Waals surface area contributed by atoms with Crippen LogP contribution in [0.15, 0.2) is 4.79 Å². The first-order chi connectivity index (χ1) is 7.59. The van der Waals surface area contributed by atoms with Crippen LogP contribution in [0.1, 0.15) is 12.7 Å². The Labute approximate surface area is 92.2 Å². The number of carbonyl (C=O) groups is 1. The number of nitrogens with one attached hydrogen (secondary N) is 1. The van der Waals surface area contributed by atoms with Gasteiger partial charge in [-0.05, 0) is 0 Å². The minimum Gasteiger partial charge on any atom is -0.369 e. The molecule has 0 saturated carbocycles. The maximum atomic E-state index is 11.9. The Kier molecular flexibility index (Phi) is 2.78. The third-order valence-corrected chi connectivity index (χ3v) is 2.73. The number of amides is 1. The lowest BCUT2D eigenvalue weighted by Gasteiger charge is -2.11. The van der Waals surface area contributed by atoms with E-state index in [1.807, 2.05) is 0 Å². The average molecular weight is 225 g/mol. The summed E-state index contributed by atoms with van der Waals surface area (Å²) in [6.45, 7) is 3.91. The number of fused-ring (bicyclic) bond motifs is 1. The van der Waals surface area contributed by atoms with Gasteiger partial charge in [0, 0.05) is 13.1 Å². The highest BCUT2D eigenvalue weighted by Crippen LogP contribution is 2.01. The number of nitrogens with zero attached hydrogens (tertiary/aromatic N) is 3. The van der Waals surface area contributed by atoms with Gasteiger partial charge >= 0.3 is 5.69 Å². The van der Waals surface area contributed by atoms with Gasteiger partial charge in [-0.1, -0.05) is 6.92 Å². The minimum atomic E-state index is -0.420. The molecule has 0 spiro atoms. The van der Waals surface area contributed by atoms with Gasteiger partial charge in [0.05, 0.1) is 19.0 Å². The summed E-state index contributed by atoms with van der Waals surface area (Å²) < 4.78 is 2.95. The van der Waals surface area contributed by atoms with Crippen LogP contribution in [0.3, 0.4) is 0 Å². The van der Waals surface area contributed by atoms with Crippen molar-refractivity contribution in [3.8, 4) is 0 Å². The molecule has 0 aliphatic carbocycles. The summed E-state index contributed by atoms with van der Waals surface area (Å²) >= 11 is 0. The van der Waals surface area contributed by atoms with Crippen molar-refractivity contribution in [1.82, 2.24) is 19.7 Å². The molecule has 1 atom stereocenters. The molecular formula is C9H15N5O2. The molecule has 1 aliphatic rings. The Hall–Kier alpha value is -1.63. The number of hydrogen-bond acceptors (Lipinski definition) is 4. The zero-order chi connectivity index (χ0) is 11.7. The van der Waals surface area contributed by atoms with Crippen LogP contribution in [0.2, 0.25) is 0 Å². The average Bonchev–Trinajstić information content (AvgIpc) is 2.56. The Morgan fingerprint density at radius 1 is 1.69 bits per heavy atom. The molecule has 7 heteroatoms. The maximum absolute atomic E-state index is 11.9. The second kappa shape index (κ2) is 4.09. The van der Waals surface area contributed by atoms with E-state index in [1.165, 1.54) is 4.68 Å². The van der Waals surface area contributed by atoms with Crippen LogP contribution in [0.25, 0.3) is 0 Å². The van der Waals surface area contributed by atoms with Crippen LogP contribution in [-0.2, 0) is 24.4 Å². The lowest BCUT2D eigenvalue weighted by molar-refractivity contribution is -0.121. The summed E-state index contributed by atoms with van der Waals surface area (Å²) in [7, 11) is 0. The highest BCUT2D eigenvalue weighted by atomic mass is 16.2. The summed E-state index contributed by atoms with van der Waals surface area (Å²) in [5, 5.41) is 7.30. The predicted octanol–water partition coefficient (Wildman–Crippen LogP) is -1.73. The number of carbonyl (C=O) groups excluding carboxylic acids is 1. The Bertz CT molecular complexity index is 461. The standard InChI is InChI=1S/C9H15N5O2/c1-6(8(10)15)5-14-9(16)13-3-2-11-4-7(13)12-14/h6,11H,2-5H2,1H3,(H2,10,15). The lowest BCUT2D eigenvalue weighted by atomic mass is 10.2. The van der Waals surface area contributed by atoms with E-state index in [4.69, 9.17) is 5.73 Å². The predicted molar refractivity (Wildman–Crippen MR) is 56.6 cm³/mol. The molecule has 0 bridgehead atoms. The Morgan fingerprint density at radius 2 is 2.44 bits per heavy atom. The molecule has 1 unspecified atom stereocenters. The molecule has 1 aromatic heterocycles. The molecule has 0 aromatic carbocycles. The zero-order valence-corrected chi connectivity index (χ0v) is 9.14. The van der Waals surface area contributed by atoms with Crippen molar-refractivity contribution in [2.75, 3.05) is 6.54 Å². The van der Waals surface area contributed by atoms with Crippen molar-refractivity contribution in [1.29, 1.82) is 0 Å². The van der Waals surface area contributed by atoms with Gasteiger partial charge in [-0.3, -0.25) is 9.36 Å². The number of primary amides is 1. The first kappa shape index (κ1) is 10.9. The van der Waals surface area contributed by atoms with E-state index in [-0.39, 0.29) is 18.2 Å². The first-order valence-corrected chi connectivity index (χ1v) is 5.26. The van der Waals surface area contributed by atoms with E-state index >= 15 is 0 Å². The van der Waals surface area contributed by atoms with Gasteiger partial charge in [-0.15, -0.1) is 0 Å². The van der Waals surface area contributed by atoms with Crippen LogP contribution >= 0.6 is 0 Å². The van der Waals surface area contributed by atoms with E-state index in [2.05, 4.69) is 10.4 Å². The fourth-order valence-corrected chi connectivity index (χ4v) is 1.70. The molecule has 2 heterocycles. The molecule has 16 heavy (non-hydrogen) atoms. The summed E-state index contributed by atoms with van der Waals surface area (Å²) in [5.41, 5.74) is 4.99. The summed E-state index contributed by atoms with van der Waals surface area (Å²) in [6.07, 6.45) is 0. The van der Waals surface area contributed by atoms with Gasteiger partial charge < -0.3 is 11.1 Å². The topological polar surface area (TPSA) is 94.9 Å². The summed E-state index contributed by atoms with van der Waals surface area (Å²) in [6, 6.07) is 0. The lowest BCUT2D eigenvalue weighted by Crippen LogP contribution is -2.35. The molecule has 1 aliphatic heterocycles. The smallest absolute Gasteiger partial charge is 0.346 e. The molecule has 0 fully saturated rings. The van der Waals surface area contributed by atoms with Crippen molar-refractivity contribution >= 4 is 5.91 Å². The van der Waals surface area contributed by atoms with Crippen molar-refractivity contribution < 1.29 is 4.79 Å². The van der Waals surface area contributed by atoms with Gasteiger partial charge in [0.15, 0.2) is 0 Å². The van der Waals surface area contributed by atoms with Crippen LogP contribution in [0.4, 0.5) is 0 Å². The van der Waals surface area contributed by atoms with E-state index in [9.17, 15) is 9.59 Å². The van der Waals surface area contributed by atoms with Gasteiger partial charge in [0.1, 0.15) is 5.82 Å². The second-order valence-electron chi connectivity index (χ2n) is 4.01. The Balaban J connectivity index is 2.26. The molecule has 88 valence electrons. The highest BCUT2D eigenvalue weighted by Gasteiger charge is 2.18. The minimum absolute atomic E-state index is 0.162. The normalized spacial score (nSPS) is 16.8. The third kappa shape index (κ3) is 1.85. The van der Waals surface area contributed by atoms with Crippen molar-refractivity contribution in [3.63, 3.8) is 0 Å². The fraction of sp³-hybridized carbons (Fsp3) is 0.667. The second-order valence-corrected chi connectivity index (χ2v) is 4.01. The van der Waals surface area contributed by atoms with E-state index in [1.54, 1.807) is 11.5 Å². The van der Waals surface area contributed by atoms with Crippen molar-refractivity contribution in [2.45, 2.75) is 26.6 Å². The van der Waals surface area contributed by atoms with Gasteiger partial charge in [0.2, 0.25) is 5.91 Å². The number of aromatic nitrogens is 3. The molecule has 2 rings (SSSR count). The van der Waals surface area contributed by atoms with Crippen molar-refractivity contribution in [3.05, 3.63) is 16.3 Å². The molecular weight excluding hydrogens is 210 g/mol. The number of nitrogens with two attached hydrogens (primary N) is 1. The van der Waals surface area contributed by atoms with E-state index in [0.29, 0.717) is 18.9 Å². The van der Waals surface area contributed by atoms with Crippen molar-refractivity contribution in [2.24, 2.45) is 11.7 Å². The van der Waals surface area contributed by atoms with E-state index in [0.717, 1.165) is 6.54 Å². The first-order valence-electron chi connectivity index (χ1n) is 5.26. The monoisotopic (exact) mass is 225 g/mol. The SMILES string of the molecule is CC(Cn1nc2n(c1=O)CCNC2)C(N)=O. The van der Waals surface area contributed by atoms with Crippen LogP contribution < -0.4 is 16.7 Å². The molecule has 1 amide bonds. The van der Waals surface area contributed by atoms with Crippen LogP contribution in [0.5, 0.6) is 0 Å². The third-order valence-electron chi connectivity index (χ3n) is 2.73. The fourth-order valence-electron chi connectivity index (χ4n) is 1.70. The highest BCUT2D eigenvalue weighted by molar-refractivity contribution is 5.76. The van der Waals surface area contributed by atoms with Gasteiger partial charge in [-0.25, -0.2) is 9.48 Å². The zero-order valence-electron chi connectivity index (χ0n) is 9.14. The largest absolute Gasteiger partial charge is 0.369 e. The molecule has 3 N–H and O–H groups in total. The van der Waals surface area contributed by atoms with Crippen LogP contribution in [-0.4, -0.2) is 26.8 Å². The number of hydrogen-bond donors (Lipinski definition) is 2. The quantitative estimate of drug-likeness (QED) is 0.639.